The highest BCUT2D eigenvalue weighted by Gasteiger charge is 2.49. The van der Waals surface area contributed by atoms with E-state index in [-0.39, 0.29) is 22.7 Å². The molecule has 1 N–H and O–H groups in total. The van der Waals surface area contributed by atoms with Crippen LogP contribution in [0.1, 0.15) is 24.9 Å². The number of rotatable bonds is 1. The molecular weight excluding hydrogens is 337 g/mol. The quantitative estimate of drug-likeness (QED) is 0.785. The van der Waals surface area contributed by atoms with Crippen LogP contribution in [0, 0.1) is 17.5 Å². The molecule has 24 heavy (non-hydrogen) atoms. The van der Waals surface area contributed by atoms with Gasteiger partial charge in [-0.1, -0.05) is 0 Å². The van der Waals surface area contributed by atoms with Crippen molar-refractivity contribution in [2.75, 3.05) is 4.90 Å². The van der Waals surface area contributed by atoms with Crippen molar-refractivity contribution in [3.8, 4) is 5.75 Å². The van der Waals surface area contributed by atoms with E-state index in [1.165, 1.54) is 29.2 Å². The lowest BCUT2D eigenvalue weighted by molar-refractivity contribution is 0.0490. The Balaban J connectivity index is 1.82. The van der Waals surface area contributed by atoms with Crippen LogP contribution in [0.25, 0.3) is 0 Å². The van der Waals surface area contributed by atoms with Crippen LogP contribution in [0.5, 0.6) is 5.75 Å². The second-order valence-corrected chi connectivity index (χ2v) is 6.48. The fourth-order valence-electron chi connectivity index (χ4n) is 3.37. The van der Waals surface area contributed by atoms with Crippen molar-refractivity contribution in [2.24, 2.45) is 0 Å². The van der Waals surface area contributed by atoms with Crippen molar-refractivity contribution in [3.05, 3.63) is 59.4 Å². The summed E-state index contributed by atoms with van der Waals surface area (Å²) in [7, 11) is 0. The Morgan fingerprint density at radius 2 is 1.88 bits per heavy atom. The number of hydrogen-bond acceptors (Lipinski definition) is 2. The molecule has 4 rings (SSSR count). The van der Waals surface area contributed by atoms with Gasteiger partial charge in [0.25, 0.3) is 0 Å². The second-order valence-electron chi connectivity index (χ2n) is 6.10. The smallest absolute Gasteiger partial charge is 0.188 e. The monoisotopic (exact) mass is 350 g/mol. The lowest BCUT2D eigenvalue weighted by atomic mass is 9.90. The summed E-state index contributed by atoms with van der Waals surface area (Å²) in [5.41, 5.74) is -0.161. The third kappa shape index (κ3) is 2.23. The Bertz CT molecular complexity index is 860. The maximum Gasteiger partial charge on any atom is 0.188 e. The van der Waals surface area contributed by atoms with Gasteiger partial charge in [0, 0.05) is 18.1 Å². The van der Waals surface area contributed by atoms with E-state index in [4.69, 9.17) is 17.0 Å². The highest BCUT2D eigenvalue weighted by molar-refractivity contribution is 7.80. The van der Waals surface area contributed by atoms with Crippen molar-refractivity contribution in [2.45, 2.75) is 25.1 Å². The van der Waals surface area contributed by atoms with Gasteiger partial charge in [-0.25, -0.2) is 13.2 Å². The van der Waals surface area contributed by atoms with Crippen molar-refractivity contribution in [1.82, 2.24) is 5.32 Å². The summed E-state index contributed by atoms with van der Waals surface area (Å²) < 4.78 is 47.1. The Kier molecular flexibility index (Phi) is 3.25. The van der Waals surface area contributed by atoms with Gasteiger partial charge in [-0.05, 0) is 49.5 Å². The average molecular weight is 350 g/mol. The van der Waals surface area contributed by atoms with Gasteiger partial charge in [0.2, 0.25) is 0 Å². The Hall–Kier alpha value is -2.28. The normalized spacial score (nSPS) is 24.9. The molecule has 3 nitrogen and oxygen atoms in total. The SMILES string of the molecule is C[C@@]12C[C@@H](NC(=S)N1c1ccc(F)cc1F)c1cc(F)ccc1O2. The lowest BCUT2D eigenvalue weighted by Gasteiger charge is -2.52. The molecule has 2 bridgehead atoms. The van der Waals surface area contributed by atoms with Crippen molar-refractivity contribution >= 4 is 23.0 Å². The van der Waals surface area contributed by atoms with Crippen LogP contribution in [0.3, 0.4) is 0 Å². The third-order valence-corrected chi connectivity index (χ3v) is 4.68. The van der Waals surface area contributed by atoms with Crippen LogP contribution in [0.2, 0.25) is 0 Å². The van der Waals surface area contributed by atoms with E-state index in [1.807, 2.05) is 0 Å². The van der Waals surface area contributed by atoms with Gasteiger partial charge >= 0.3 is 0 Å². The topological polar surface area (TPSA) is 24.5 Å². The van der Waals surface area contributed by atoms with Crippen LogP contribution in [-0.4, -0.2) is 10.8 Å². The summed E-state index contributed by atoms with van der Waals surface area (Å²) >= 11 is 5.37. The number of halogens is 3. The molecule has 7 heteroatoms. The molecule has 2 heterocycles. The number of fused-ring (bicyclic) bond motifs is 4. The van der Waals surface area contributed by atoms with Crippen molar-refractivity contribution in [3.63, 3.8) is 0 Å². The minimum absolute atomic E-state index is 0.125. The molecule has 124 valence electrons. The highest BCUT2D eigenvalue weighted by atomic mass is 32.1. The van der Waals surface area contributed by atoms with Crippen LogP contribution < -0.4 is 15.0 Å². The summed E-state index contributed by atoms with van der Waals surface area (Å²) in [6, 6.07) is 7.33. The van der Waals surface area contributed by atoms with Gasteiger partial charge in [0.15, 0.2) is 10.8 Å². The summed E-state index contributed by atoms with van der Waals surface area (Å²) in [5.74, 6) is -1.24. The minimum atomic E-state index is -0.962. The largest absolute Gasteiger partial charge is 0.467 e. The first-order valence-corrected chi connectivity index (χ1v) is 7.82. The van der Waals surface area contributed by atoms with E-state index < -0.39 is 17.4 Å². The predicted molar refractivity (Wildman–Crippen MR) is 87.4 cm³/mol. The standard InChI is InChI=1S/C17H13F3N2OS/c1-17-8-13(11-6-9(18)3-5-15(11)23-17)21-16(24)22(17)14-4-2-10(19)7-12(14)20/h2-7,13H,8H2,1H3,(H,21,24)/t13-,17-/m1/s1. The molecule has 0 aromatic heterocycles. The van der Waals surface area contributed by atoms with Crippen molar-refractivity contribution in [1.29, 1.82) is 0 Å². The molecule has 0 unspecified atom stereocenters. The zero-order valence-electron chi connectivity index (χ0n) is 12.6. The van der Waals surface area contributed by atoms with Gasteiger partial charge in [0.05, 0.1) is 11.7 Å². The minimum Gasteiger partial charge on any atom is -0.467 e. The maximum atomic E-state index is 14.3. The van der Waals surface area contributed by atoms with Gasteiger partial charge in [-0.3, -0.25) is 4.90 Å². The van der Waals surface area contributed by atoms with Crippen molar-refractivity contribution < 1.29 is 17.9 Å². The highest BCUT2D eigenvalue weighted by Crippen LogP contribution is 2.46. The molecule has 0 spiro atoms. The van der Waals surface area contributed by atoms with Crippen LogP contribution in [0.4, 0.5) is 18.9 Å². The average Bonchev–Trinajstić information content (AvgIpc) is 2.50. The molecule has 2 aromatic carbocycles. The zero-order chi connectivity index (χ0) is 17.1. The first kappa shape index (κ1) is 15.3. The van der Waals surface area contributed by atoms with E-state index in [2.05, 4.69) is 5.32 Å². The predicted octanol–water partition coefficient (Wildman–Crippen LogP) is 4.04. The number of thiocarbonyl (C=S) groups is 1. The molecule has 1 saturated heterocycles. The maximum absolute atomic E-state index is 14.3. The number of nitrogens with zero attached hydrogens (tertiary/aromatic N) is 1. The second kappa shape index (κ2) is 5.11. The van der Waals surface area contributed by atoms with Gasteiger partial charge in [-0.15, -0.1) is 0 Å². The molecule has 0 radical (unpaired) electrons. The molecule has 1 fully saturated rings. The van der Waals surface area contributed by atoms with Crippen LogP contribution in [0.15, 0.2) is 36.4 Å². The van der Waals surface area contributed by atoms with Gasteiger partial charge in [-0.2, -0.15) is 0 Å². The van der Waals surface area contributed by atoms with Crippen LogP contribution >= 0.6 is 12.2 Å². The Labute approximate surface area is 142 Å². The zero-order valence-corrected chi connectivity index (χ0v) is 13.5. The number of nitrogens with one attached hydrogen (secondary N) is 1. The van der Waals surface area contributed by atoms with E-state index >= 15 is 0 Å². The Morgan fingerprint density at radius 3 is 2.62 bits per heavy atom. The number of benzene rings is 2. The number of hydrogen-bond donors (Lipinski definition) is 1. The molecule has 2 atom stereocenters. The van der Waals surface area contributed by atoms with E-state index in [0.717, 1.165) is 6.07 Å². The van der Waals surface area contributed by atoms with E-state index in [0.29, 0.717) is 17.7 Å². The van der Waals surface area contributed by atoms with Gasteiger partial charge in [0.1, 0.15) is 23.2 Å². The number of anilines is 1. The molecule has 0 saturated carbocycles. The summed E-state index contributed by atoms with van der Waals surface area (Å²) in [6.45, 7) is 1.78. The molecular formula is C17H13F3N2OS. The fourth-order valence-corrected chi connectivity index (χ4v) is 3.81. The fraction of sp³-hybridized carbons (Fsp3) is 0.235. The van der Waals surface area contributed by atoms with Gasteiger partial charge < -0.3 is 10.1 Å². The van der Waals surface area contributed by atoms with Crippen LogP contribution in [-0.2, 0) is 0 Å². The van der Waals surface area contributed by atoms with E-state index in [1.54, 1.807) is 13.0 Å². The molecule has 2 aliphatic rings. The first-order valence-electron chi connectivity index (χ1n) is 7.42. The summed E-state index contributed by atoms with van der Waals surface area (Å²) in [5, 5.41) is 3.34. The summed E-state index contributed by atoms with van der Waals surface area (Å²) in [6.07, 6.45) is 0.431. The first-order chi connectivity index (χ1) is 11.4. The summed E-state index contributed by atoms with van der Waals surface area (Å²) in [4.78, 5) is 1.50. The molecule has 2 aliphatic heterocycles. The van der Waals surface area contributed by atoms with E-state index in [9.17, 15) is 13.2 Å². The number of ether oxygens (including phenoxy) is 1. The molecule has 0 amide bonds. The Morgan fingerprint density at radius 1 is 1.17 bits per heavy atom. The molecule has 2 aromatic rings. The molecule has 0 aliphatic carbocycles. The third-order valence-electron chi connectivity index (χ3n) is 4.38. The lowest BCUT2D eigenvalue weighted by Crippen LogP contribution is -2.65.